The predicted octanol–water partition coefficient (Wildman–Crippen LogP) is -0.170. The van der Waals surface area contributed by atoms with Gasteiger partial charge in [0.05, 0.1) is 11.9 Å². The van der Waals surface area contributed by atoms with Gasteiger partial charge in [0.1, 0.15) is 4.90 Å². The largest absolute Gasteiger partial charge is 0.324 e. The Morgan fingerprint density at radius 2 is 2.41 bits per heavy atom. The first-order valence-electron chi connectivity index (χ1n) is 5.72. The topological polar surface area (TPSA) is 92.1 Å². The predicted molar refractivity (Wildman–Crippen MR) is 61.7 cm³/mol. The molecule has 1 aromatic rings. The zero-order valence-corrected chi connectivity index (χ0v) is 10.5. The minimum atomic E-state index is -3.43. The number of fused-ring (bicyclic) bond motifs is 1. The number of hydrogen-bond acceptors (Lipinski definition) is 4. The van der Waals surface area contributed by atoms with E-state index in [0.717, 1.165) is 12.8 Å². The monoisotopic (exact) mass is 256 g/mol. The van der Waals surface area contributed by atoms with Gasteiger partial charge in [0.25, 0.3) is 0 Å². The summed E-state index contributed by atoms with van der Waals surface area (Å²) in [6.45, 7) is 2.69. The molecule has 3 N–H and O–H groups in total. The third-order valence-electron chi connectivity index (χ3n) is 4.07. The van der Waals surface area contributed by atoms with Crippen LogP contribution in [0.3, 0.4) is 0 Å². The fraction of sp³-hybridized carbons (Fsp3) is 0.700. The zero-order chi connectivity index (χ0) is 12.3. The van der Waals surface area contributed by atoms with Crippen molar-refractivity contribution in [2.75, 3.05) is 13.1 Å². The molecule has 17 heavy (non-hydrogen) atoms. The SMILES string of the molecule is Cc1[nH]ncc1S(=O)(=O)N1C[C@@H]2CC[C@]2(N)C1. The molecular formula is C10H16N4O2S. The van der Waals surface area contributed by atoms with Crippen molar-refractivity contribution < 1.29 is 8.42 Å². The van der Waals surface area contributed by atoms with Gasteiger partial charge in [-0.15, -0.1) is 0 Å². The molecule has 1 saturated heterocycles. The molecule has 1 aliphatic carbocycles. The average molecular weight is 256 g/mol. The summed E-state index contributed by atoms with van der Waals surface area (Å²) in [5.74, 6) is 0.324. The molecule has 94 valence electrons. The van der Waals surface area contributed by atoms with E-state index in [-0.39, 0.29) is 10.4 Å². The molecule has 0 amide bonds. The minimum Gasteiger partial charge on any atom is -0.324 e. The lowest BCUT2D eigenvalue weighted by molar-refractivity contribution is 0.189. The van der Waals surface area contributed by atoms with E-state index in [0.29, 0.717) is 24.7 Å². The molecule has 0 bridgehead atoms. The fourth-order valence-corrected chi connectivity index (χ4v) is 4.44. The lowest BCUT2D eigenvalue weighted by atomic mass is 9.70. The highest BCUT2D eigenvalue weighted by Crippen LogP contribution is 2.44. The second-order valence-corrected chi connectivity index (χ2v) is 7.03. The van der Waals surface area contributed by atoms with Crippen LogP contribution in [0.1, 0.15) is 18.5 Å². The van der Waals surface area contributed by atoms with E-state index in [1.54, 1.807) is 6.92 Å². The Morgan fingerprint density at radius 1 is 1.65 bits per heavy atom. The summed E-state index contributed by atoms with van der Waals surface area (Å²) in [4.78, 5) is 0.266. The van der Waals surface area contributed by atoms with Gasteiger partial charge >= 0.3 is 0 Å². The van der Waals surface area contributed by atoms with Gasteiger partial charge in [-0.05, 0) is 25.7 Å². The first-order valence-corrected chi connectivity index (χ1v) is 7.16. The van der Waals surface area contributed by atoms with Gasteiger partial charge < -0.3 is 5.73 Å². The van der Waals surface area contributed by atoms with Crippen molar-refractivity contribution in [1.29, 1.82) is 0 Å². The Morgan fingerprint density at radius 3 is 2.82 bits per heavy atom. The van der Waals surface area contributed by atoms with Gasteiger partial charge in [-0.2, -0.15) is 9.40 Å². The quantitative estimate of drug-likeness (QED) is 0.768. The molecule has 2 heterocycles. The normalized spacial score (nSPS) is 33.4. The van der Waals surface area contributed by atoms with Crippen LogP contribution in [0.15, 0.2) is 11.1 Å². The van der Waals surface area contributed by atoms with Crippen LogP contribution in [0.4, 0.5) is 0 Å². The number of hydrogen-bond donors (Lipinski definition) is 2. The van der Waals surface area contributed by atoms with E-state index in [2.05, 4.69) is 10.2 Å². The molecule has 0 radical (unpaired) electrons. The van der Waals surface area contributed by atoms with E-state index >= 15 is 0 Å². The maximum absolute atomic E-state index is 12.4. The highest BCUT2D eigenvalue weighted by Gasteiger charge is 2.53. The molecule has 7 heteroatoms. The second kappa shape index (κ2) is 3.30. The van der Waals surface area contributed by atoms with Crippen LogP contribution < -0.4 is 5.73 Å². The smallest absolute Gasteiger partial charge is 0.246 e. The lowest BCUT2D eigenvalue weighted by Crippen LogP contribution is -2.54. The van der Waals surface area contributed by atoms with Crippen molar-refractivity contribution in [3.63, 3.8) is 0 Å². The Labute approximate surface area is 100 Å². The van der Waals surface area contributed by atoms with Crippen molar-refractivity contribution in [2.24, 2.45) is 11.7 Å². The Balaban J connectivity index is 1.93. The van der Waals surface area contributed by atoms with Gasteiger partial charge in [0, 0.05) is 18.6 Å². The number of sulfonamides is 1. The molecule has 2 fully saturated rings. The minimum absolute atomic E-state index is 0.266. The van der Waals surface area contributed by atoms with Gasteiger partial charge in [-0.1, -0.05) is 0 Å². The van der Waals surface area contributed by atoms with Gasteiger partial charge in [-0.3, -0.25) is 5.10 Å². The Hall–Kier alpha value is -0.920. The fourth-order valence-electron chi connectivity index (χ4n) is 2.76. The maximum Gasteiger partial charge on any atom is 0.246 e. The summed E-state index contributed by atoms with van der Waals surface area (Å²) in [6.07, 6.45) is 3.33. The van der Waals surface area contributed by atoms with Crippen molar-refractivity contribution in [1.82, 2.24) is 14.5 Å². The van der Waals surface area contributed by atoms with Crippen LogP contribution in [0.2, 0.25) is 0 Å². The number of H-pyrrole nitrogens is 1. The highest BCUT2D eigenvalue weighted by atomic mass is 32.2. The summed E-state index contributed by atoms with van der Waals surface area (Å²) in [7, 11) is -3.43. The first kappa shape index (κ1) is 11.2. The molecule has 0 spiro atoms. The summed E-state index contributed by atoms with van der Waals surface area (Å²) in [6, 6.07) is 0. The standard InChI is InChI=1S/C10H16N4O2S/c1-7-9(4-12-13-7)17(15,16)14-5-8-2-3-10(8,11)6-14/h4,8H,2-3,5-6,11H2,1H3,(H,12,13)/t8-,10-/m0/s1. The van der Waals surface area contributed by atoms with Crippen molar-refractivity contribution in [2.45, 2.75) is 30.2 Å². The summed E-state index contributed by atoms with van der Waals surface area (Å²) in [5, 5.41) is 6.43. The Kier molecular flexibility index (Phi) is 2.17. The van der Waals surface area contributed by atoms with Crippen LogP contribution in [0.25, 0.3) is 0 Å². The maximum atomic E-state index is 12.4. The van der Waals surface area contributed by atoms with Crippen molar-refractivity contribution >= 4 is 10.0 Å². The molecule has 2 aliphatic rings. The zero-order valence-electron chi connectivity index (χ0n) is 9.68. The second-order valence-electron chi connectivity index (χ2n) is 5.13. The molecular weight excluding hydrogens is 240 g/mol. The molecule has 3 rings (SSSR count). The third-order valence-corrected chi connectivity index (χ3v) is 5.99. The van der Waals surface area contributed by atoms with Crippen LogP contribution >= 0.6 is 0 Å². The lowest BCUT2D eigenvalue weighted by Gasteiger charge is -2.40. The number of aromatic nitrogens is 2. The molecule has 0 aromatic carbocycles. The molecule has 1 saturated carbocycles. The Bertz CT molecular complexity index is 552. The average Bonchev–Trinajstić information content (AvgIpc) is 2.76. The summed E-state index contributed by atoms with van der Waals surface area (Å²) in [5.41, 5.74) is 6.45. The summed E-state index contributed by atoms with van der Waals surface area (Å²) >= 11 is 0. The number of aromatic amines is 1. The van der Waals surface area contributed by atoms with Gasteiger partial charge in [-0.25, -0.2) is 8.42 Å². The van der Waals surface area contributed by atoms with E-state index < -0.39 is 10.0 Å². The molecule has 0 unspecified atom stereocenters. The third kappa shape index (κ3) is 1.46. The van der Waals surface area contributed by atoms with Gasteiger partial charge in [0.2, 0.25) is 10.0 Å². The van der Waals surface area contributed by atoms with Crippen LogP contribution in [0, 0.1) is 12.8 Å². The number of nitrogens with zero attached hydrogens (tertiary/aromatic N) is 2. The van der Waals surface area contributed by atoms with Crippen molar-refractivity contribution in [3.05, 3.63) is 11.9 Å². The molecule has 6 nitrogen and oxygen atoms in total. The number of aryl methyl sites for hydroxylation is 1. The van der Waals surface area contributed by atoms with Gasteiger partial charge in [0.15, 0.2) is 0 Å². The van der Waals surface area contributed by atoms with Crippen LogP contribution in [-0.4, -0.2) is 41.5 Å². The molecule has 1 aliphatic heterocycles. The molecule has 2 atom stereocenters. The van der Waals surface area contributed by atoms with Crippen LogP contribution in [0.5, 0.6) is 0 Å². The molecule has 1 aromatic heterocycles. The van der Waals surface area contributed by atoms with E-state index in [9.17, 15) is 8.42 Å². The number of nitrogens with one attached hydrogen (secondary N) is 1. The number of rotatable bonds is 2. The van der Waals surface area contributed by atoms with Crippen LogP contribution in [-0.2, 0) is 10.0 Å². The summed E-state index contributed by atoms with van der Waals surface area (Å²) < 4.78 is 26.3. The van der Waals surface area contributed by atoms with E-state index in [1.165, 1.54) is 10.5 Å². The number of nitrogens with two attached hydrogens (primary N) is 1. The first-order chi connectivity index (χ1) is 7.93. The highest BCUT2D eigenvalue weighted by molar-refractivity contribution is 7.89. The van der Waals surface area contributed by atoms with E-state index in [1.807, 2.05) is 0 Å². The van der Waals surface area contributed by atoms with E-state index in [4.69, 9.17) is 5.73 Å². The van der Waals surface area contributed by atoms with Crippen molar-refractivity contribution in [3.8, 4) is 0 Å².